The third-order valence-corrected chi connectivity index (χ3v) is 3.98. The number of hydrogen-bond donors (Lipinski definition) is 2. The van der Waals surface area contributed by atoms with Gasteiger partial charge in [0, 0.05) is 6.54 Å². The number of benzene rings is 1. The lowest BCUT2D eigenvalue weighted by Gasteiger charge is -2.15. The maximum absolute atomic E-state index is 5.93. The average molecular weight is 486 g/mol. The quantitative estimate of drug-likeness (QED) is 0.254. The van der Waals surface area contributed by atoms with E-state index in [0.29, 0.717) is 31.5 Å². The number of nitrogens with one attached hydrogen (secondary N) is 2. The van der Waals surface area contributed by atoms with E-state index in [2.05, 4.69) is 40.5 Å². The number of aliphatic imine (C=N–C) groups is 1. The van der Waals surface area contributed by atoms with Crippen LogP contribution in [0.15, 0.2) is 33.7 Å². The molecule has 0 unspecified atom stereocenters. The van der Waals surface area contributed by atoms with Crippen LogP contribution < -0.4 is 15.4 Å². The van der Waals surface area contributed by atoms with E-state index in [1.165, 1.54) is 5.56 Å². The van der Waals surface area contributed by atoms with Crippen LogP contribution in [0.25, 0.3) is 0 Å². The van der Waals surface area contributed by atoms with Gasteiger partial charge < -0.3 is 19.8 Å². The van der Waals surface area contributed by atoms with Crippen LogP contribution in [0.3, 0.4) is 0 Å². The van der Waals surface area contributed by atoms with Crippen LogP contribution in [0.5, 0.6) is 5.75 Å². The number of halogens is 1. The summed E-state index contributed by atoms with van der Waals surface area (Å²) in [6.45, 7) is 12.6. The van der Waals surface area contributed by atoms with Crippen molar-refractivity contribution in [3.05, 3.63) is 47.2 Å². The zero-order valence-electron chi connectivity index (χ0n) is 16.8. The molecule has 0 saturated carbocycles. The van der Waals surface area contributed by atoms with E-state index in [4.69, 9.17) is 9.15 Å². The third kappa shape index (κ3) is 7.40. The Morgan fingerprint density at radius 1 is 1.22 bits per heavy atom. The molecule has 6 nitrogen and oxygen atoms in total. The fourth-order valence-corrected chi connectivity index (χ4v) is 2.51. The summed E-state index contributed by atoms with van der Waals surface area (Å²) in [7, 11) is 0. The Morgan fingerprint density at radius 3 is 2.59 bits per heavy atom. The van der Waals surface area contributed by atoms with Gasteiger partial charge in [0.2, 0.25) is 5.89 Å². The summed E-state index contributed by atoms with van der Waals surface area (Å²) in [6, 6.07) is 8.17. The maximum atomic E-state index is 5.93. The van der Waals surface area contributed by atoms with Crippen molar-refractivity contribution in [2.45, 2.75) is 47.1 Å². The predicted octanol–water partition coefficient (Wildman–Crippen LogP) is 4.17. The second-order valence-electron chi connectivity index (χ2n) is 6.41. The number of ether oxygens (including phenoxy) is 1. The van der Waals surface area contributed by atoms with Crippen LogP contribution in [0.2, 0.25) is 0 Å². The molecule has 150 valence electrons. The summed E-state index contributed by atoms with van der Waals surface area (Å²) < 4.78 is 11.5. The first-order valence-corrected chi connectivity index (χ1v) is 9.18. The van der Waals surface area contributed by atoms with Crippen molar-refractivity contribution in [3.63, 3.8) is 0 Å². The van der Waals surface area contributed by atoms with Gasteiger partial charge in [-0.25, -0.2) is 9.98 Å². The number of para-hydroxylation sites is 1. The van der Waals surface area contributed by atoms with Gasteiger partial charge in [0.25, 0.3) is 0 Å². The molecule has 1 aromatic heterocycles. The monoisotopic (exact) mass is 486 g/mol. The van der Waals surface area contributed by atoms with E-state index in [-0.39, 0.29) is 24.0 Å². The van der Waals surface area contributed by atoms with Crippen LogP contribution in [0.4, 0.5) is 0 Å². The van der Waals surface area contributed by atoms with Crippen molar-refractivity contribution in [2.75, 3.05) is 19.7 Å². The predicted molar refractivity (Wildman–Crippen MR) is 120 cm³/mol. The molecule has 2 rings (SSSR count). The fraction of sp³-hybridized carbons (Fsp3) is 0.500. The number of aromatic nitrogens is 1. The largest absolute Gasteiger partial charge is 0.491 e. The minimum Gasteiger partial charge on any atom is -0.491 e. The Morgan fingerprint density at radius 2 is 1.96 bits per heavy atom. The molecule has 0 aliphatic rings. The topological polar surface area (TPSA) is 71.7 Å². The molecule has 0 spiro atoms. The number of aryl methyl sites for hydroxylation is 2. The minimum absolute atomic E-state index is 0. The van der Waals surface area contributed by atoms with Crippen molar-refractivity contribution >= 4 is 29.9 Å². The summed E-state index contributed by atoms with van der Waals surface area (Å²) in [5.41, 5.74) is 2.13. The minimum atomic E-state index is 0. The molecule has 1 heterocycles. The first kappa shape index (κ1) is 23.3. The van der Waals surface area contributed by atoms with E-state index >= 15 is 0 Å². The lowest BCUT2D eigenvalue weighted by atomic mass is 10.0. The molecule has 0 amide bonds. The van der Waals surface area contributed by atoms with Gasteiger partial charge in [-0.3, -0.25) is 0 Å². The van der Waals surface area contributed by atoms with Gasteiger partial charge in [0.05, 0.1) is 12.2 Å². The molecule has 0 aliphatic heterocycles. The number of oxazole rings is 1. The van der Waals surface area contributed by atoms with Crippen LogP contribution in [-0.4, -0.2) is 30.6 Å². The van der Waals surface area contributed by atoms with Crippen LogP contribution in [-0.2, 0) is 6.54 Å². The van der Waals surface area contributed by atoms with Crippen molar-refractivity contribution in [2.24, 2.45) is 4.99 Å². The molecule has 27 heavy (non-hydrogen) atoms. The first-order chi connectivity index (χ1) is 12.5. The smallest absolute Gasteiger partial charge is 0.216 e. The Balaban J connectivity index is 0.00000364. The Kier molecular flexibility index (Phi) is 10.2. The second kappa shape index (κ2) is 11.8. The highest BCUT2D eigenvalue weighted by Gasteiger charge is 2.07. The fourth-order valence-electron chi connectivity index (χ4n) is 2.51. The highest BCUT2D eigenvalue weighted by Crippen LogP contribution is 2.25. The Bertz CT molecular complexity index is 709. The molecular weight excluding hydrogens is 455 g/mol. The summed E-state index contributed by atoms with van der Waals surface area (Å²) in [5.74, 6) is 3.56. The van der Waals surface area contributed by atoms with Crippen molar-refractivity contribution in [3.8, 4) is 5.75 Å². The number of rotatable bonds is 8. The Labute approximate surface area is 179 Å². The van der Waals surface area contributed by atoms with E-state index in [1.54, 1.807) is 0 Å². The SMILES string of the molecule is CCNC(=NCc1nc(C)c(C)o1)NCCOc1ccccc1C(C)C.I. The van der Waals surface area contributed by atoms with Gasteiger partial charge in [-0.05, 0) is 38.3 Å². The van der Waals surface area contributed by atoms with Crippen LogP contribution >= 0.6 is 24.0 Å². The molecule has 0 bridgehead atoms. The van der Waals surface area contributed by atoms with Gasteiger partial charge >= 0.3 is 0 Å². The number of hydrogen-bond acceptors (Lipinski definition) is 4. The lowest BCUT2D eigenvalue weighted by molar-refractivity contribution is 0.317. The standard InChI is InChI=1S/C20H30N4O2.HI/c1-6-21-20(23-13-19-24-15(4)16(5)26-19)22-11-12-25-18-10-8-7-9-17(18)14(2)3;/h7-10,14H,6,11-13H2,1-5H3,(H2,21,22,23);1H. The van der Waals surface area contributed by atoms with E-state index in [1.807, 2.05) is 39.0 Å². The van der Waals surface area contributed by atoms with Crippen molar-refractivity contribution in [1.82, 2.24) is 15.6 Å². The molecule has 0 saturated heterocycles. The summed E-state index contributed by atoms with van der Waals surface area (Å²) >= 11 is 0. The Hall–Kier alpha value is -1.77. The molecule has 0 aliphatic carbocycles. The normalized spacial score (nSPS) is 11.3. The zero-order chi connectivity index (χ0) is 18.9. The molecule has 0 radical (unpaired) electrons. The second-order valence-corrected chi connectivity index (χ2v) is 6.41. The number of guanidine groups is 1. The van der Waals surface area contributed by atoms with E-state index < -0.39 is 0 Å². The van der Waals surface area contributed by atoms with Gasteiger partial charge in [-0.15, -0.1) is 24.0 Å². The molecular formula is C20H31IN4O2. The summed E-state index contributed by atoms with van der Waals surface area (Å²) in [4.78, 5) is 8.86. The lowest BCUT2D eigenvalue weighted by Crippen LogP contribution is -2.39. The number of nitrogens with zero attached hydrogens (tertiary/aromatic N) is 2. The molecule has 2 aromatic rings. The van der Waals surface area contributed by atoms with Gasteiger partial charge in [-0.1, -0.05) is 32.0 Å². The summed E-state index contributed by atoms with van der Waals surface area (Å²) in [5, 5.41) is 6.49. The highest BCUT2D eigenvalue weighted by molar-refractivity contribution is 14.0. The van der Waals surface area contributed by atoms with Gasteiger partial charge in [-0.2, -0.15) is 0 Å². The van der Waals surface area contributed by atoms with Gasteiger partial charge in [0.1, 0.15) is 24.7 Å². The van der Waals surface area contributed by atoms with Crippen molar-refractivity contribution < 1.29 is 9.15 Å². The van der Waals surface area contributed by atoms with Gasteiger partial charge in [0.15, 0.2) is 5.96 Å². The maximum Gasteiger partial charge on any atom is 0.216 e. The molecule has 0 fully saturated rings. The third-order valence-electron chi connectivity index (χ3n) is 3.98. The van der Waals surface area contributed by atoms with Crippen LogP contribution in [0.1, 0.15) is 49.6 Å². The average Bonchev–Trinajstić information content (AvgIpc) is 2.94. The molecule has 2 N–H and O–H groups in total. The zero-order valence-corrected chi connectivity index (χ0v) is 19.2. The van der Waals surface area contributed by atoms with E-state index in [0.717, 1.165) is 29.7 Å². The molecule has 1 aromatic carbocycles. The van der Waals surface area contributed by atoms with Crippen LogP contribution in [0, 0.1) is 13.8 Å². The van der Waals surface area contributed by atoms with E-state index in [9.17, 15) is 0 Å². The highest BCUT2D eigenvalue weighted by atomic mass is 127. The molecule has 0 atom stereocenters. The first-order valence-electron chi connectivity index (χ1n) is 9.18. The summed E-state index contributed by atoms with van der Waals surface area (Å²) in [6.07, 6.45) is 0. The van der Waals surface area contributed by atoms with Crippen molar-refractivity contribution in [1.29, 1.82) is 0 Å². The molecule has 7 heteroatoms.